The van der Waals surface area contributed by atoms with Gasteiger partial charge in [-0.25, -0.2) is 13.4 Å². The molecule has 2 aromatic carbocycles. The molecule has 0 saturated heterocycles. The minimum Gasteiger partial charge on any atom is -0.357 e. The van der Waals surface area contributed by atoms with Gasteiger partial charge in [0, 0.05) is 25.9 Å². The van der Waals surface area contributed by atoms with E-state index in [0.29, 0.717) is 18.0 Å². The standard InChI is InChI=1S/C24H36N4O2S/c1-5-25-24(26-17-16-20-12-14-23(15-13-20)31(4,29)30)27-18-21-10-8-9-11-22(21)19-28(6-2)7-3/h8-15H,5-7,16-19H2,1-4H3,(H2,25,26,27). The number of benzene rings is 2. The van der Waals surface area contributed by atoms with Gasteiger partial charge in [-0.15, -0.1) is 0 Å². The predicted octanol–water partition coefficient (Wildman–Crippen LogP) is 3.23. The summed E-state index contributed by atoms with van der Waals surface area (Å²) in [6, 6.07) is 15.5. The average Bonchev–Trinajstić information content (AvgIpc) is 2.76. The molecular weight excluding hydrogens is 408 g/mol. The van der Waals surface area contributed by atoms with Crippen LogP contribution in [0.25, 0.3) is 0 Å². The number of guanidine groups is 1. The average molecular weight is 445 g/mol. The highest BCUT2D eigenvalue weighted by Crippen LogP contribution is 2.13. The molecule has 2 N–H and O–H groups in total. The minimum absolute atomic E-state index is 0.350. The van der Waals surface area contributed by atoms with E-state index < -0.39 is 9.84 Å². The van der Waals surface area contributed by atoms with Crippen LogP contribution in [0.5, 0.6) is 0 Å². The van der Waals surface area contributed by atoms with Gasteiger partial charge in [0.05, 0.1) is 11.4 Å². The van der Waals surface area contributed by atoms with Gasteiger partial charge >= 0.3 is 0 Å². The number of aliphatic imine (C=N–C) groups is 1. The number of hydrogen-bond donors (Lipinski definition) is 2. The summed E-state index contributed by atoms with van der Waals surface area (Å²) in [5.74, 6) is 0.785. The first-order chi connectivity index (χ1) is 14.9. The number of hydrogen-bond acceptors (Lipinski definition) is 4. The Morgan fingerprint density at radius 3 is 2.16 bits per heavy atom. The van der Waals surface area contributed by atoms with E-state index in [2.05, 4.69) is 60.6 Å². The molecular formula is C24H36N4O2S. The molecule has 0 aliphatic carbocycles. The first kappa shape index (κ1) is 24.9. The number of nitrogens with zero attached hydrogens (tertiary/aromatic N) is 2. The van der Waals surface area contributed by atoms with Gasteiger partial charge in [0.25, 0.3) is 0 Å². The normalized spacial score (nSPS) is 12.2. The topological polar surface area (TPSA) is 73.8 Å². The third-order valence-corrected chi connectivity index (χ3v) is 6.34. The van der Waals surface area contributed by atoms with Gasteiger partial charge < -0.3 is 10.6 Å². The Labute approximate surface area is 187 Å². The third kappa shape index (κ3) is 8.34. The molecule has 0 atom stereocenters. The van der Waals surface area contributed by atoms with Crippen molar-refractivity contribution in [1.82, 2.24) is 15.5 Å². The molecule has 0 aliphatic rings. The van der Waals surface area contributed by atoms with E-state index in [4.69, 9.17) is 4.99 Å². The fourth-order valence-electron chi connectivity index (χ4n) is 3.29. The van der Waals surface area contributed by atoms with Gasteiger partial charge in [-0.05, 0) is 55.3 Å². The largest absolute Gasteiger partial charge is 0.357 e. The highest BCUT2D eigenvalue weighted by atomic mass is 32.2. The lowest BCUT2D eigenvalue weighted by atomic mass is 10.1. The van der Waals surface area contributed by atoms with Crippen molar-refractivity contribution in [3.8, 4) is 0 Å². The van der Waals surface area contributed by atoms with Gasteiger partial charge in [-0.3, -0.25) is 4.90 Å². The van der Waals surface area contributed by atoms with Gasteiger partial charge in [0.15, 0.2) is 15.8 Å². The molecule has 0 amide bonds. The lowest BCUT2D eigenvalue weighted by Gasteiger charge is -2.20. The molecule has 0 saturated carbocycles. The second-order valence-corrected chi connectivity index (χ2v) is 9.53. The molecule has 0 bridgehead atoms. The summed E-state index contributed by atoms with van der Waals surface area (Å²) < 4.78 is 23.2. The van der Waals surface area contributed by atoms with Gasteiger partial charge in [-0.1, -0.05) is 50.2 Å². The summed E-state index contributed by atoms with van der Waals surface area (Å²) in [6.07, 6.45) is 2.01. The Balaban J connectivity index is 1.98. The SMILES string of the molecule is CCNC(=NCc1ccccc1CN(CC)CC)NCCc1ccc(S(C)(=O)=O)cc1. The maximum Gasteiger partial charge on any atom is 0.191 e. The first-order valence-electron chi connectivity index (χ1n) is 11.0. The van der Waals surface area contributed by atoms with Crippen LogP contribution in [-0.2, 0) is 29.3 Å². The predicted molar refractivity (Wildman–Crippen MR) is 129 cm³/mol. The van der Waals surface area contributed by atoms with Crippen molar-refractivity contribution in [1.29, 1.82) is 0 Å². The Morgan fingerprint density at radius 2 is 1.58 bits per heavy atom. The van der Waals surface area contributed by atoms with Crippen LogP contribution in [0, 0.1) is 0 Å². The number of rotatable bonds is 11. The molecule has 31 heavy (non-hydrogen) atoms. The van der Waals surface area contributed by atoms with Gasteiger partial charge in [-0.2, -0.15) is 0 Å². The molecule has 2 rings (SSSR count). The minimum atomic E-state index is -3.16. The number of sulfone groups is 1. The van der Waals surface area contributed by atoms with E-state index in [1.807, 2.05) is 12.1 Å². The molecule has 0 aromatic heterocycles. The van der Waals surface area contributed by atoms with Crippen molar-refractivity contribution in [2.75, 3.05) is 32.4 Å². The highest BCUT2D eigenvalue weighted by molar-refractivity contribution is 7.90. The lowest BCUT2D eigenvalue weighted by molar-refractivity contribution is 0.295. The molecule has 0 spiro atoms. The quantitative estimate of drug-likeness (QED) is 0.411. The number of nitrogens with one attached hydrogen (secondary N) is 2. The summed E-state index contributed by atoms with van der Waals surface area (Å²) in [5.41, 5.74) is 3.64. The molecule has 0 aliphatic heterocycles. The molecule has 170 valence electrons. The summed E-state index contributed by atoms with van der Waals surface area (Å²) in [7, 11) is -3.16. The Kier molecular flexibility index (Phi) is 10.0. The van der Waals surface area contributed by atoms with E-state index in [-0.39, 0.29) is 0 Å². The monoisotopic (exact) mass is 444 g/mol. The summed E-state index contributed by atoms with van der Waals surface area (Å²) in [4.78, 5) is 7.53. The molecule has 0 radical (unpaired) electrons. The fraction of sp³-hybridized carbons (Fsp3) is 0.458. The smallest absolute Gasteiger partial charge is 0.191 e. The zero-order valence-corrected chi connectivity index (χ0v) is 20.0. The van der Waals surface area contributed by atoms with Crippen LogP contribution in [0.4, 0.5) is 0 Å². The maximum atomic E-state index is 11.6. The van der Waals surface area contributed by atoms with Crippen LogP contribution < -0.4 is 10.6 Å². The third-order valence-electron chi connectivity index (χ3n) is 5.22. The van der Waals surface area contributed by atoms with E-state index in [1.54, 1.807) is 12.1 Å². The Morgan fingerprint density at radius 1 is 0.935 bits per heavy atom. The highest BCUT2D eigenvalue weighted by Gasteiger charge is 2.08. The Hall–Kier alpha value is -2.38. The van der Waals surface area contributed by atoms with Crippen molar-refractivity contribution < 1.29 is 8.42 Å². The maximum absolute atomic E-state index is 11.6. The molecule has 0 unspecified atom stereocenters. The van der Waals surface area contributed by atoms with Crippen molar-refractivity contribution >= 4 is 15.8 Å². The van der Waals surface area contributed by atoms with Crippen molar-refractivity contribution in [2.45, 2.75) is 45.2 Å². The van der Waals surface area contributed by atoms with E-state index in [9.17, 15) is 8.42 Å². The molecule has 0 fully saturated rings. The fourth-order valence-corrected chi connectivity index (χ4v) is 3.92. The van der Waals surface area contributed by atoms with Crippen molar-refractivity contribution in [2.24, 2.45) is 4.99 Å². The van der Waals surface area contributed by atoms with Crippen molar-refractivity contribution in [3.63, 3.8) is 0 Å². The summed E-state index contributed by atoms with van der Waals surface area (Å²) in [6.45, 7) is 11.5. The molecule has 7 heteroatoms. The van der Waals surface area contributed by atoms with Crippen LogP contribution in [0.2, 0.25) is 0 Å². The van der Waals surface area contributed by atoms with Gasteiger partial charge in [0.2, 0.25) is 0 Å². The summed E-state index contributed by atoms with van der Waals surface area (Å²) >= 11 is 0. The van der Waals surface area contributed by atoms with Crippen LogP contribution in [0.1, 0.15) is 37.5 Å². The van der Waals surface area contributed by atoms with Crippen LogP contribution >= 0.6 is 0 Å². The van der Waals surface area contributed by atoms with Gasteiger partial charge in [0.1, 0.15) is 0 Å². The zero-order chi connectivity index (χ0) is 22.7. The van der Waals surface area contributed by atoms with E-state index in [0.717, 1.165) is 44.1 Å². The molecule has 2 aromatic rings. The van der Waals surface area contributed by atoms with E-state index in [1.165, 1.54) is 17.4 Å². The Bertz CT molecular complexity index is 936. The van der Waals surface area contributed by atoms with Crippen LogP contribution in [0.3, 0.4) is 0 Å². The second-order valence-electron chi connectivity index (χ2n) is 7.52. The van der Waals surface area contributed by atoms with E-state index >= 15 is 0 Å². The second kappa shape index (κ2) is 12.5. The lowest BCUT2D eigenvalue weighted by Crippen LogP contribution is -2.38. The first-order valence-corrected chi connectivity index (χ1v) is 12.9. The van der Waals surface area contributed by atoms with Crippen molar-refractivity contribution in [3.05, 3.63) is 65.2 Å². The zero-order valence-electron chi connectivity index (χ0n) is 19.2. The van der Waals surface area contributed by atoms with Crippen LogP contribution in [-0.4, -0.2) is 51.7 Å². The molecule has 0 heterocycles. The molecule has 6 nitrogen and oxygen atoms in total. The van der Waals surface area contributed by atoms with Crippen LogP contribution in [0.15, 0.2) is 58.4 Å². The summed E-state index contributed by atoms with van der Waals surface area (Å²) in [5, 5.41) is 6.68.